The van der Waals surface area contributed by atoms with Gasteiger partial charge < -0.3 is 15.1 Å². The lowest BCUT2D eigenvalue weighted by Gasteiger charge is -2.19. The van der Waals surface area contributed by atoms with Gasteiger partial charge in [0.25, 0.3) is 5.91 Å². The maximum absolute atomic E-state index is 12.9. The summed E-state index contributed by atoms with van der Waals surface area (Å²) in [4.78, 5) is 39.3. The zero-order valence-corrected chi connectivity index (χ0v) is 14.9. The van der Waals surface area contributed by atoms with Crippen molar-refractivity contribution < 1.29 is 18.8 Å². The van der Waals surface area contributed by atoms with Gasteiger partial charge in [0, 0.05) is 37.0 Å². The van der Waals surface area contributed by atoms with E-state index in [1.807, 2.05) is 0 Å². The average molecular weight is 369 g/mol. The van der Waals surface area contributed by atoms with Crippen LogP contribution < -0.4 is 10.2 Å². The van der Waals surface area contributed by atoms with Gasteiger partial charge in [0.2, 0.25) is 11.8 Å². The summed E-state index contributed by atoms with van der Waals surface area (Å²) in [5.41, 5.74) is 1.66. The molecule has 27 heavy (non-hydrogen) atoms. The van der Waals surface area contributed by atoms with Gasteiger partial charge in [-0.1, -0.05) is 0 Å². The van der Waals surface area contributed by atoms with Crippen molar-refractivity contribution in [2.24, 2.45) is 0 Å². The standard InChI is InChI=1S/C20H20FN3O3/c1-23(13-18(25)22-16-8-6-15(21)7-9-16)20(27)14-4-10-17(11-5-14)24-12-2-3-19(24)26/h4-11H,2-3,12-13H2,1H3,(H,22,25). The van der Waals surface area contributed by atoms with E-state index in [1.54, 1.807) is 29.2 Å². The summed E-state index contributed by atoms with van der Waals surface area (Å²) in [6, 6.07) is 12.2. The van der Waals surface area contributed by atoms with Gasteiger partial charge in [0.05, 0.1) is 6.54 Å². The van der Waals surface area contributed by atoms with Crippen molar-refractivity contribution in [3.05, 3.63) is 59.9 Å². The summed E-state index contributed by atoms with van der Waals surface area (Å²) in [5, 5.41) is 2.61. The van der Waals surface area contributed by atoms with Crippen LogP contribution in [-0.4, -0.2) is 42.8 Å². The van der Waals surface area contributed by atoms with Crippen molar-refractivity contribution in [2.75, 3.05) is 30.4 Å². The lowest BCUT2D eigenvalue weighted by Crippen LogP contribution is -2.35. The second kappa shape index (κ2) is 7.99. The highest BCUT2D eigenvalue weighted by molar-refractivity contribution is 6.00. The Morgan fingerprint density at radius 2 is 1.78 bits per heavy atom. The summed E-state index contributed by atoms with van der Waals surface area (Å²) in [6.45, 7) is 0.554. The Hall–Kier alpha value is -3.22. The zero-order valence-electron chi connectivity index (χ0n) is 14.9. The zero-order chi connectivity index (χ0) is 19.4. The van der Waals surface area contributed by atoms with E-state index in [2.05, 4.69) is 5.32 Å². The first kappa shape index (κ1) is 18.6. The molecule has 2 aromatic rings. The van der Waals surface area contributed by atoms with Crippen molar-refractivity contribution in [1.29, 1.82) is 0 Å². The third-order valence-electron chi connectivity index (χ3n) is 4.35. The number of hydrogen-bond acceptors (Lipinski definition) is 3. The van der Waals surface area contributed by atoms with E-state index in [0.29, 0.717) is 24.2 Å². The van der Waals surface area contributed by atoms with Crippen LogP contribution in [0.5, 0.6) is 0 Å². The first-order valence-corrected chi connectivity index (χ1v) is 8.65. The Morgan fingerprint density at radius 1 is 1.11 bits per heavy atom. The molecule has 6 nitrogen and oxygen atoms in total. The number of rotatable bonds is 5. The molecule has 0 bridgehead atoms. The Bertz CT molecular complexity index is 850. The molecule has 0 atom stereocenters. The van der Waals surface area contributed by atoms with E-state index in [1.165, 1.54) is 36.2 Å². The molecule has 0 unspecified atom stereocenters. The molecule has 140 valence electrons. The first-order chi connectivity index (χ1) is 12.9. The van der Waals surface area contributed by atoms with Crippen molar-refractivity contribution in [3.63, 3.8) is 0 Å². The van der Waals surface area contributed by atoms with E-state index in [9.17, 15) is 18.8 Å². The van der Waals surface area contributed by atoms with E-state index < -0.39 is 0 Å². The topological polar surface area (TPSA) is 69.7 Å². The molecule has 1 heterocycles. The number of nitrogens with one attached hydrogen (secondary N) is 1. The van der Waals surface area contributed by atoms with E-state index >= 15 is 0 Å². The molecular weight excluding hydrogens is 349 g/mol. The van der Waals surface area contributed by atoms with Gasteiger partial charge in [-0.2, -0.15) is 0 Å². The minimum absolute atomic E-state index is 0.0867. The van der Waals surface area contributed by atoms with Crippen molar-refractivity contribution in [2.45, 2.75) is 12.8 Å². The lowest BCUT2D eigenvalue weighted by molar-refractivity contribution is -0.117. The molecule has 0 radical (unpaired) electrons. The Labute approximate surface area is 156 Å². The predicted octanol–water partition coefficient (Wildman–Crippen LogP) is 2.66. The number of carbonyl (C=O) groups is 3. The number of nitrogens with zero attached hydrogens (tertiary/aromatic N) is 2. The van der Waals surface area contributed by atoms with Gasteiger partial charge in [-0.05, 0) is 55.0 Å². The Balaban J connectivity index is 1.58. The van der Waals surface area contributed by atoms with Crippen LogP contribution in [-0.2, 0) is 9.59 Å². The molecule has 0 aromatic heterocycles. The van der Waals surface area contributed by atoms with E-state index in [-0.39, 0.29) is 30.1 Å². The molecule has 1 N–H and O–H groups in total. The van der Waals surface area contributed by atoms with Crippen molar-refractivity contribution in [1.82, 2.24) is 4.90 Å². The predicted molar refractivity (Wildman–Crippen MR) is 100 cm³/mol. The van der Waals surface area contributed by atoms with Crippen LogP contribution in [0, 0.1) is 5.82 Å². The summed E-state index contributed by atoms with van der Waals surface area (Å²) < 4.78 is 12.9. The minimum Gasteiger partial charge on any atom is -0.332 e. The van der Waals surface area contributed by atoms with Crippen LogP contribution in [0.15, 0.2) is 48.5 Å². The number of amides is 3. The highest BCUT2D eigenvalue weighted by Gasteiger charge is 2.22. The van der Waals surface area contributed by atoms with Gasteiger partial charge in [-0.3, -0.25) is 14.4 Å². The van der Waals surface area contributed by atoms with Gasteiger partial charge in [0.15, 0.2) is 0 Å². The number of carbonyl (C=O) groups excluding carboxylic acids is 3. The van der Waals surface area contributed by atoms with Crippen molar-refractivity contribution >= 4 is 29.1 Å². The summed E-state index contributed by atoms with van der Waals surface area (Å²) in [5.74, 6) is -0.983. The number of benzene rings is 2. The maximum atomic E-state index is 12.9. The highest BCUT2D eigenvalue weighted by Crippen LogP contribution is 2.22. The van der Waals surface area contributed by atoms with Gasteiger partial charge >= 0.3 is 0 Å². The van der Waals surface area contributed by atoms with Gasteiger partial charge in [0.1, 0.15) is 5.82 Å². The number of likely N-dealkylation sites (N-methyl/N-ethyl adjacent to an activating group) is 1. The smallest absolute Gasteiger partial charge is 0.254 e. The van der Waals surface area contributed by atoms with Crippen molar-refractivity contribution in [3.8, 4) is 0 Å². The molecular formula is C20H20FN3O3. The molecule has 0 saturated carbocycles. The van der Waals surface area contributed by atoms with E-state index in [0.717, 1.165) is 12.1 Å². The molecule has 2 aromatic carbocycles. The number of hydrogen-bond donors (Lipinski definition) is 1. The molecule has 3 amide bonds. The van der Waals surface area contributed by atoms with E-state index in [4.69, 9.17) is 0 Å². The molecule has 7 heteroatoms. The maximum Gasteiger partial charge on any atom is 0.254 e. The quantitative estimate of drug-likeness (QED) is 0.881. The molecule has 0 aliphatic carbocycles. The Morgan fingerprint density at radius 3 is 2.37 bits per heavy atom. The molecule has 1 fully saturated rings. The average Bonchev–Trinajstić information content (AvgIpc) is 3.09. The monoisotopic (exact) mass is 369 g/mol. The second-order valence-corrected chi connectivity index (χ2v) is 6.41. The summed E-state index contributed by atoms with van der Waals surface area (Å²) >= 11 is 0. The van der Waals surface area contributed by atoms with Gasteiger partial charge in [-0.15, -0.1) is 0 Å². The molecule has 1 saturated heterocycles. The fourth-order valence-corrected chi connectivity index (χ4v) is 2.95. The highest BCUT2D eigenvalue weighted by atomic mass is 19.1. The fraction of sp³-hybridized carbons (Fsp3) is 0.250. The minimum atomic E-state index is -0.389. The Kier molecular flexibility index (Phi) is 5.49. The summed E-state index contributed by atoms with van der Waals surface area (Å²) in [7, 11) is 1.53. The molecule has 1 aliphatic rings. The number of anilines is 2. The fourth-order valence-electron chi connectivity index (χ4n) is 2.95. The van der Waals surface area contributed by atoms with Crippen LogP contribution in [0.3, 0.4) is 0 Å². The molecule has 0 spiro atoms. The normalized spacial score (nSPS) is 13.6. The first-order valence-electron chi connectivity index (χ1n) is 8.65. The van der Waals surface area contributed by atoms with Crippen LogP contribution in [0.2, 0.25) is 0 Å². The van der Waals surface area contributed by atoms with Crippen LogP contribution in [0.4, 0.5) is 15.8 Å². The third-order valence-corrected chi connectivity index (χ3v) is 4.35. The largest absolute Gasteiger partial charge is 0.332 e. The molecule has 1 aliphatic heterocycles. The molecule has 3 rings (SSSR count). The third kappa shape index (κ3) is 4.49. The lowest BCUT2D eigenvalue weighted by atomic mass is 10.1. The van der Waals surface area contributed by atoms with Crippen LogP contribution in [0.1, 0.15) is 23.2 Å². The summed E-state index contributed by atoms with van der Waals surface area (Å²) in [6.07, 6.45) is 1.39. The second-order valence-electron chi connectivity index (χ2n) is 6.41. The van der Waals surface area contributed by atoms with Crippen LogP contribution >= 0.6 is 0 Å². The van der Waals surface area contributed by atoms with Crippen LogP contribution in [0.25, 0.3) is 0 Å². The number of halogens is 1. The van der Waals surface area contributed by atoms with Gasteiger partial charge in [-0.25, -0.2) is 4.39 Å². The SMILES string of the molecule is CN(CC(=O)Nc1ccc(F)cc1)C(=O)c1ccc(N2CCCC2=O)cc1.